The Kier molecular flexibility index (Phi) is 5.23. The second-order valence-electron chi connectivity index (χ2n) is 4.08. The van der Waals surface area contributed by atoms with E-state index in [-0.39, 0.29) is 0 Å². The first-order valence-corrected chi connectivity index (χ1v) is 6.09. The molecule has 84 valence electrons. The number of aromatic hydroxyl groups is 1. The van der Waals surface area contributed by atoms with Gasteiger partial charge in [0.15, 0.2) is 0 Å². The molecular formula is C14H22O. The van der Waals surface area contributed by atoms with Gasteiger partial charge in [-0.25, -0.2) is 0 Å². The quantitative estimate of drug-likeness (QED) is 0.695. The number of benzene rings is 1. The molecule has 0 fully saturated rings. The van der Waals surface area contributed by atoms with E-state index in [2.05, 4.69) is 19.9 Å². The maximum atomic E-state index is 9.69. The third kappa shape index (κ3) is 3.58. The third-order valence-electron chi connectivity index (χ3n) is 2.90. The van der Waals surface area contributed by atoms with Gasteiger partial charge in [0.25, 0.3) is 0 Å². The Hall–Kier alpha value is -0.980. The molecule has 0 bridgehead atoms. The molecule has 0 aliphatic carbocycles. The molecule has 0 aromatic heterocycles. The van der Waals surface area contributed by atoms with Crippen LogP contribution in [0, 0.1) is 0 Å². The van der Waals surface area contributed by atoms with Crippen LogP contribution >= 0.6 is 0 Å². The van der Waals surface area contributed by atoms with Crippen LogP contribution in [-0.2, 0) is 12.8 Å². The fourth-order valence-electron chi connectivity index (χ4n) is 2.01. The first kappa shape index (κ1) is 12.1. The van der Waals surface area contributed by atoms with E-state index >= 15 is 0 Å². The van der Waals surface area contributed by atoms with Crippen molar-refractivity contribution in [3.8, 4) is 5.75 Å². The second-order valence-corrected chi connectivity index (χ2v) is 4.08. The van der Waals surface area contributed by atoms with Crippen molar-refractivity contribution >= 4 is 0 Å². The van der Waals surface area contributed by atoms with Crippen molar-refractivity contribution in [1.82, 2.24) is 0 Å². The molecular weight excluding hydrogens is 184 g/mol. The van der Waals surface area contributed by atoms with Gasteiger partial charge >= 0.3 is 0 Å². The van der Waals surface area contributed by atoms with Crippen LogP contribution in [0.3, 0.4) is 0 Å². The Morgan fingerprint density at radius 3 is 2.53 bits per heavy atom. The van der Waals surface area contributed by atoms with Gasteiger partial charge in [-0.3, -0.25) is 0 Å². The molecule has 1 rings (SSSR count). The highest BCUT2D eigenvalue weighted by Gasteiger charge is 2.04. The fraction of sp³-hybridized carbons (Fsp3) is 0.571. The van der Waals surface area contributed by atoms with E-state index in [1.807, 2.05) is 6.07 Å². The van der Waals surface area contributed by atoms with Gasteiger partial charge in [-0.15, -0.1) is 0 Å². The van der Waals surface area contributed by atoms with Gasteiger partial charge in [-0.2, -0.15) is 0 Å². The third-order valence-corrected chi connectivity index (χ3v) is 2.90. The van der Waals surface area contributed by atoms with Crippen molar-refractivity contribution < 1.29 is 5.11 Å². The lowest BCUT2D eigenvalue weighted by Crippen LogP contribution is -1.93. The van der Waals surface area contributed by atoms with Crippen LogP contribution in [0.25, 0.3) is 0 Å². The summed E-state index contributed by atoms with van der Waals surface area (Å²) in [7, 11) is 0. The molecule has 0 saturated heterocycles. The number of aryl methyl sites for hydroxylation is 1. The molecule has 1 heteroatoms. The Morgan fingerprint density at radius 2 is 1.87 bits per heavy atom. The minimum absolute atomic E-state index is 0.463. The van der Waals surface area contributed by atoms with Gasteiger partial charge in [-0.05, 0) is 36.5 Å². The molecule has 0 aliphatic heterocycles. The molecule has 0 amide bonds. The summed E-state index contributed by atoms with van der Waals surface area (Å²) in [6.45, 7) is 4.33. The van der Waals surface area contributed by atoms with Crippen molar-refractivity contribution in [2.24, 2.45) is 0 Å². The minimum atomic E-state index is 0.463. The lowest BCUT2D eigenvalue weighted by molar-refractivity contribution is 0.467. The van der Waals surface area contributed by atoms with Crippen LogP contribution in [-0.4, -0.2) is 5.11 Å². The summed E-state index contributed by atoms with van der Waals surface area (Å²) >= 11 is 0. The van der Waals surface area contributed by atoms with E-state index < -0.39 is 0 Å². The van der Waals surface area contributed by atoms with Gasteiger partial charge in [0.05, 0.1) is 0 Å². The molecule has 0 heterocycles. The number of unbranched alkanes of at least 4 members (excludes halogenated alkanes) is 3. The molecule has 1 nitrogen and oxygen atoms in total. The van der Waals surface area contributed by atoms with Gasteiger partial charge in [0.1, 0.15) is 5.75 Å². The van der Waals surface area contributed by atoms with Crippen molar-refractivity contribution in [3.05, 3.63) is 29.3 Å². The van der Waals surface area contributed by atoms with Crippen LogP contribution in [0.15, 0.2) is 18.2 Å². The highest BCUT2D eigenvalue weighted by molar-refractivity contribution is 5.39. The van der Waals surface area contributed by atoms with Gasteiger partial charge < -0.3 is 5.11 Å². The summed E-state index contributed by atoms with van der Waals surface area (Å²) < 4.78 is 0. The first-order chi connectivity index (χ1) is 7.29. The van der Waals surface area contributed by atoms with E-state index in [4.69, 9.17) is 0 Å². The number of hydrogen-bond acceptors (Lipinski definition) is 1. The maximum Gasteiger partial charge on any atom is 0.119 e. The summed E-state index contributed by atoms with van der Waals surface area (Å²) in [6, 6.07) is 5.88. The highest BCUT2D eigenvalue weighted by atomic mass is 16.3. The van der Waals surface area contributed by atoms with E-state index in [1.165, 1.54) is 31.2 Å². The van der Waals surface area contributed by atoms with Crippen molar-refractivity contribution in [1.29, 1.82) is 0 Å². The number of hydrogen-bond donors (Lipinski definition) is 1. The summed E-state index contributed by atoms with van der Waals surface area (Å²) in [5.41, 5.74) is 2.46. The Bertz CT molecular complexity index is 291. The average molecular weight is 206 g/mol. The zero-order chi connectivity index (χ0) is 11.1. The Morgan fingerprint density at radius 1 is 1.07 bits per heavy atom. The Balaban J connectivity index is 2.56. The summed E-state index contributed by atoms with van der Waals surface area (Å²) in [4.78, 5) is 0. The molecule has 1 aromatic rings. The molecule has 15 heavy (non-hydrogen) atoms. The molecule has 0 aliphatic rings. The lowest BCUT2D eigenvalue weighted by Gasteiger charge is -2.09. The zero-order valence-electron chi connectivity index (χ0n) is 9.92. The SMILES string of the molecule is CCCCCCc1cccc(O)c1CC. The molecule has 0 radical (unpaired) electrons. The van der Waals surface area contributed by atoms with Crippen LogP contribution < -0.4 is 0 Å². The summed E-state index contributed by atoms with van der Waals surface area (Å²) in [5.74, 6) is 0.463. The fourth-order valence-corrected chi connectivity index (χ4v) is 2.01. The van der Waals surface area contributed by atoms with E-state index in [0.29, 0.717) is 5.75 Å². The average Bonchev–Trinajstić information content (AvgIpc) is 2.24. The smallest absolute Gasteiger partial charge is 0.119 e. The molecule has 0 spiro atoms. The van der Waals surface area contributed by atoms with Crippen LogP contribution in [0.2, 0.25) is 0 Å². The summed E-state index contributed by atoms with van der Waals surface area (Å²) in [6.07, 6.45) is 7.17. The second kappa shape index (κ2) is 6.49. The van der Waals surface area contributed by atoms with Gasteiger partial charge in [-0.1, -0.05) is 45.2 Å². The predicted molar refractivity (Wildman–Crippen MR) is 65.3 cm³/mol. The molecule has 0 saturated carbocycles. The van der Waals surface area contributed by atoms with Crippen molar-refractivity contribution in [2.45, 2.75) is 52.4 Å². The Labute approximate surface area is 93.1 Å². The number of rotatable bonds is 6. The van der Waals surface area contributed by atoms with Crippen LogP contribution in [0.4, 0.5) is 0 Å². The first-order valence-electron chi connectivity index (χ1n) is 6.09. The lowest BCUT2D eigenvalue weighted by atomic mass is 9.98. The van der Waals surface area contributed by atoms with Crippen LogP contribution in [0.5, 0.6) is 5.75 Å². The highest BCUT2D eigenvalue weighted by Crippen LogP contribution is 2.23. The van der Waals surface area contributed by atoms with Crippen molar-refractivity contribution in [2.75, 3.05) is 0 Å². The molecule has 1 aromatic carbocycles. The van der Waals surface area contributed by atoms with Crippen molar-refractivity contribution in [3.63, 3.8) is 0 Å². The minimum Gasteiger partial charge on any atom is -0.508 e. The largest absolute Gasteiger partial charge is 0.508 e. The van der Waals surface area contributed by atoms with E-state index in [0.717, 1.165) is 18.4 Å². The van der Waals surface area contributed by atoms with Crippen LogP contribution in [0.1, 0.15) is 50.7 Å². The monoisotopic (exact) mass is 206 g/mol. The topological polar surface area (TPSA) is 20.2 Å². The molecule has 0 atom stereocenters. The normalized spacial score (nSPS) is 10.5. The van der Waals surface area contributed by atoms with Gasteiger partial charge in [0, 0.05) is 0 Å². The standard InChI is InChI=1S/C14H22O/c1-3-5-6-7-9-12-10-8-11-14(15)13(12)4-2/h8,10-11,15H,3-7,9H2,1-2H3. The summed E-state index contributed by atoms with van der Waals surface area (Å²) in [5, 5.41) is 9.69. The van der Waals surface area contributed by atoms with E-state index in [1.54, 1.807) is 6.07 Å². The van der Waals surface area contributed by atoms with E-state index in [9.17, 15) is 5.11 Å². The number of phenols is 1. The predicted octanol–water partition coefficient (Wildman–Crippen LogP) is 4.08. The van der Waals surface area contributed by atoms with Gasteiger partial charge in [0.2, 0.25) is 0 Å². The maximum absolute atomic E-state index is 9.69. The molecule has 0 unspecified atom stereocenters. The zero-order valence-corrected chi connectivity index (χ0v) is 9.92. The number of phenolic OH excluding ortho intramolecular Hbond substituents is 1. The molecule has 1 N–H and O–H groups in total.